The molecule has 0 heterocycles. The van der Waals surface area contributed by atoms with Crippen molar-refractivity contribution in [2.75, 3.05) is 14.2 Å². The molecule has 0 amide bonds. The molecule has 0 aromatic heterocycles. The molecule has 0 spiro atoms. The van der Waals surface area contributed by atoms with Crippen molar-refractivity contribution < 1.29 is 18.4 Å². The molecule has 5 heteroatoms. The number of rotatable bonds is 5. The molecule has 1 rings (SSSR count). The largest absolute Gasteiger partial charge is 0.460 e. The van der Waals surface area contributed by atoms with E-state index in [1.165, 1.54) is 0 Å². The van der Waals surface area contributed by atoms with Crippen LogP contribution in [-0.4, -0.2) is 34.4 Å². The molecule has 0 bridgehead atoms. The highest BCUT2D eigenvalue weighted by molar-refractivity contribution is 6.66. The molecule has 1 fully saturated rings. The highest BCUT2D eigenvalue weighted by atomic mass is 28.4. The maximum absolute atomic E-state index is 12.1. The zero-order valence-corrected chi connectivity index (χ0v) is 14.8. The summed E-state index contributed by atoms with van der Waals surface area (Å²) in [4.78, 5) is 12.1. The SMILES string of the molecule is CO[Si](C)(CC1CCC(C(=O)OC(C)(C)C)CC1)OC. The van der Waals surface area contributed by atoms with E-state index in [2.05, 4.69) is 6.55 Å². The van der Waals surface area contributed by atoms with Gasteiger partial charge in [-0.05, 0) is 65.0 Å². The van der Waals surface area contributed by atoms with Crippen molar-refractivity contribution in [3.63, 3.8) is 0 Å². The lowest BCUT2D eigenvalue weighted by Gasteiger charge is -2.33. The van der Waals surface area contributed by atoms with Crippen LogP contribution in [0.15, 0.2) is 0 Å². The first-order valence-corrected chi connectivity index (χ1v) is 10.0. The first kappa shape index (κ1) is 17.7. The van der Waals surface area contributed by atoms with Gasteiger partial charge >= 0.3 is 14.5 Å². The Labute approximate surface area is 124 Å². The van der Waals surface area contributed by atoms with Gasteiger partial charge in [0, 0.05) is 14.2 Å². The lowest BCUT2D eigenvalue weighted by molar-refractivity contribution is -0.161. The fraction of sp³-hybridized carbons (Fsp3) is 0.933. The lowest BCUT2D eigenvalue weighted by atomic mass is 9.83. The van der Waals surface area contributed by atoms with Crippen LogP contribution in [0.25, 0.3) is 0 Å². The van der Waals surface area contributed by atoms with E-state index < -0.39 is 8.56 Å². The van der Waals surface area contributed by atoms with E-state index in [1.807, 2.05) is 20.8 Å². The predicted octanol–water partition coefficient (Wildman–Crippen LogP) is 3.50. The summed E-state index contributed by atoms with van der Waals surface area (Å²) in [6.07, 6.45) is 3.99. The molecule has 1 saturated carbocycles. The Balaban J connectivity index is 2.42. The molecule has 0 N–H and O–H groups in total. The second-order valence-corrected chi connectivity index (χ2v) is 10.5. The van der Waals surface area contributed by atoms with Crippen LogP contribution >= 0.6 is 0 Å². The van der Waals surface area contributed by atoms with Crippen molar-refractivity contribution in [2.45, 2.75) is 64.6 Å². The number of carbonyl (C=O) groups excluding carboxylic acids is 1. The first-order chi connectivity index (χ1) is 9.19. The molecule has 118 valence electrons. The summed E-state index contributed by atoms with van der Waals surface area (Å²) in [5.74, 6) is 0.656. The monoisotopic (exact) mass is 302 g/mol. The smallest absolute Gasteiger partial charge is 0.334 e. The van der Waals surface area contributed by atoms with Crippen LogP contribution in [0.5, 0.6) is 0 Å². The molecule has 0 aromatic rings. The van der Waals surface area contributed by atoms with E-state index >= 15 is 0 Å². The highest BCUT2D eigenvalue weighted by Gasteiger charge is 2.36. The van der Waals surface area contributed by atoms with Crippen molar-refractivity contribution in [1.82, 2.24) is 0 Å². The van der Waals surface area contributed by atoms with Crippen molar-refractivity contribution in [3.8, 4) is 0 Å². The van der Waals surface area contributed by atoms with Gasteiger partial charge in [0.15, 0.2) is 0 Å². The minimum absolute atomic E-state index is 0.0329. The zero-order chi connectivity index (χ0) is 15.4. The van der Waals surface area contributed by atoms with Crippen LogP contribution in [-0.2, 0) is 18.4 Å². The van der Waals surface area contributed by atoms with Gasteiger partial charge in [0.25, 0.3) is 0 Å². The fourth-order valence-electron chi connectivity index (χ4n) is 2.76. The summed E-state index contributed by atoms with van der Waals surface area (Å²) < 4.78 is 16.6. The normalized spacial score (nSPS) is 24.5. The molecular weight excluding hydrogens is 272 g/mol. The highest BCUT2D eigenvalue weighted by Crippen LogP contribution is 2.35. The Bertz CT molecular complexity index is 312. The Morgan fingerprint density at radius 1 is 1.10 bits per heavy atom. The van der Waals surface area contributed by atoms with Gasteiger partial charge in [-0.1, -0.05) is 0 Å². The average molecular weight is 302 g/mol. The first-order valence-electron chi connectivity index (χ1n) is 7.52. The van der Waals surface area contributed by atoms with E-state index in [4.69, 9.17) is 13.6 Å². The number of esters is 1. The Kier molecular flexibility index (Phi) is 6.22. The van der Waals surface area contributed by atoms with E-state index in [0.717, 1.165) is 31.7 Å². The molecule has 20 heavy (non-hydrogen) atoms. The van der Waals surface area contributed by atoms with Gasteiger partial charge in [0.2, 0.25) is 0 Å². The summed E-state index contributed by atoms with van der Waals surface area (Å²) in [6.45, 7) is 7.87. The molecule has 0 aliphatic heterocycles. The predicted molar refractivity (Wildman–Crippen MR) is 81.7 cm³/mol. The third-order valence-electron chi connectivity index (χ3n) is 4.11. The molecule has 1 aliphatic rings. The van der Waals surface area contributed by atoms with Gasteiger partial charge in [0.05, 0.1) is 5.92 Å². The van der Waals surface area contributed by atoms with E-state index in [0.29, 0.717) is 5.92 Å². The van der Waals surface area contributed by atoms with Crippen molar-refractivity contribution >= 4 is 14.5 Å². The van der Waals surface area contributed by atoms with Crippen molar-refractivity contribution in [3.05, 3.63) is 0 Å². The lowest BCUT2D eigenvalue weighted by Crippen LogP contribution is -2.39. The van der Waals surface area contributed by atoms with E-state index in [9.17, 15) is 4.79 Å². The minimum Gasteiger partial charge on any atom is -0.460 e. The quantitative estimate of drug-likeness (QED) is 0.576. The second kappa shape index (κ2) is 7.05. The summed E-state index contributed by atoms with van der Waals surface area (Å²) in [6, 6.07) is 1.01. The van der Waals surface area contributed by atoms with Gasteiger partial charge in [-0.3, -0.25) is 4.79 Å². The molecule has 1 aliphatic carbocycles. The number of carbonyl (C=O) groups is 1. The summed E-state index contributed by atoms with van der Waals surface area (Å²) in [5.41, 5.74) is -0.383. The van der Waals surface area contributed by atoms with E-state index in [-0.39, 0.29) is 17.5 Å². The molecule has 4 nitrogen and oxygen atoms in total. The maximum Gasteiger partial charge on any atom is 0.334 e. The number of hydrogen-bond donors (Lipinski definition) is 0. The Morgan fingerprint density at radius 2 is 1.60 bits per heavy atom. The van der Waals surface area contributed by atoms with E-state index in [1.54, 1.807) is 14.2 Å². The van der Waals surface area contributed by atoms with Crippen LogP contribution < -0.4 is 0 Å². The van der Waals surface area contributed by atoms with Crippen LogP contribution in [0.3, 0.4) is 0 Å². The summed E-state index contributed by atoms with van der Waals surface area (Å²) >= 11 is 0. The van der Waals surface area contributed by atoms with Gasteiger partial charge in [-0.25, -0.2) is 0 Å². The Hall–Kier alpha value is -0.393. The third kappa shape index (κ3) is 5.54. The van der Waals surface area contributed by atoms with Crippen molar-refractivity contribution in [1.29, 1.82) is 0 Å². The standard InChI is InChI=1S/C15H30O4Si/c1-15(2,3)19-14(16)13-9-7-12(8-10-13)11-20(6,17-4)18-5/h12-13H,7-11H2,1-6H3. The zero-order valence-electron chi connectivity index (χ0n) is 13.8. The van der Waals surface area contributed by atoms with Crippen molar-refractivity contribution in [2.24, 2.45) is 11.8 Å². The van der Waals surface area contributed by atoms with Gasteiger partial charge in [-0.2, -0.15) is 0 Å². The summed E-state index contributed by atoms with van der Waals surface area (Å²) in [5, 5.41) is 0. The van der Waals surface area contributed by atoms with Gasteiger partial charge in [-0.15, -0.1) is 0 Å². The third-order valence-corrected chi connectivity index (χ3v) is 7.16. The number of ether oxygens (including phenoxy) is 1. The fourth-order valence-corrected chi connectivity index (χ4v) is 4.72. The maximum atomic E-state index is 12.1. The molecule has 0 unspecified atom stereocenters. The summed E-state index contributed by atoms with van der Waals surface area (Å²) in [7, 11) is 1.49. The Morgan fingerprint density at radius 3 is 2.00 bits per heavy atom. The molecular formula is C15H30O4Si. The molecule has 0 aromatic carbocycles. The average Bonchev–Trinajstić information content (AvgIpc) is 2.37. The van der Waals surface area contributed by atoms with Crippen LogP contribution in [0.1, 0.15) is 46.5 Å². The van der Waals surface area contributed by atoms with Crippen LogP contribution in [0.2, 0.25) is 12.6 Å². The molecule has 0 radical (unpaired) electrons. The van der Waals surface area contributed by atoms with Crippen LogP contribution in [0.4, 0.5) is 0 Å². The second-order valence-electron chi connectivity index (χ2n) is 7.00. The molecule has 0 atom stereocenters. The van der Waals surface area contributed by atoms with Gasteiger partial charge < -0.3 is 13.6 Å². The van der Waals surface area contributed by atoms with Gasteiger partial charge in [0.1, 0.15) is 5.60 Å². The minimum atomic E-state index is -1.99. The topological polar surface area (TPSA) is 44.8 Å². The number of hydrogen-bond acceptors (Lipinski definition) is 4. The van der Waals surface area contributed by atoms with Crippen LogP contribution in [0, 0.1) is 11.8 Å². The molecule has 0 saturated heterocycles.